The quantitative estimate of drug-likeness (QED) is 0.0169. The number of rotatable bonds is 73. The van der Waals surface area contributed by atoms with Gasteiger partial charge in [0, 0.05) is 25.7 Å². The molecule has 17 nitrogen and oxygen atoms in total. The number of aliphatic hydroxyl groups is 1. The predicted octanol–water partition coefficient (Wildman–Crippen LogP) is 22.6. The van der Waals surface area contributed by atoms with Crippen LogP contribution in [0.15, 0.2) is 109 Å². The van der Waals surface area contributed by atoms with Crippen LogP contribution >= 0.6 is 15.6 Å². The Balaban J connectivity index is 5.35. The fourth-order valence-electron chi connectivity index (χ4n) is 10.3. The molecular formula is C81H140O17P2. The van der Waals surface area contributed by atoms with Crippen LogP contribution in [0, 0.1) is 0 Å². The lowest BCUT2D eigenvalue weighted by molar-refractivity contribution is -0.161. The van der Waals surface area contributed by atoms with Gasteiger partial charge in [-0.2, -0.15) is 0 Å². The Morgan fingerprint density at radius 1 is 0.290 bits per heavy atom. The molecule has 19 heteroatoms. The molecule has 0 rings (SSSR count). The van der Waals surface area contributed by atoms with Gasteiger partial charge in [-0.3, -0.25) is 37.3 Å². The van der Waals surface area contributed by atoms with Crippen molar-refractivity contribution in [3.05, 3.63) is 109 Å². The van der Waals surface area contributed by atoms with Crippen molar-refractivity contribution in [2.45, 2.75) is 341 Å². The Morgan fingerprint density at radius 3 is 0.820 bits per heavy atom. The van der Waals surface area contributed by atoms with Crippen LogP contribution in [-0.2, 0) is 65.4 Å². The third-order valence-corrected chi connectivity index (χ3v) is 18.1. The first-order chi connectivity index (χ1) is 48.7. The zero-order valence-corrected chi connectivity index (χ0v) is 64.6. The summed E-state index contributed by atoms with van der Waals surface area (Å²) in [5.74, 6) is -2.21. The first-order valence-electron chi connectivity index (χ1n) is 39.1. The molecule has 0 saturated carbocycles. The van der Waals surface area contributed by atoms with Crippen molar-refractivity contribution >= 4 is 39.5 Å². The maximum absolute atomic E-state index is 13.1. The molecule has 100 heavy (non-hydrogen) atoms. The largest absolute Gasteiger partial charge is 0.472 e. The average Bonchev–Trinajstić information content (AvgIpc) is 0.985. The number of hydrogen-bond donors (Lipinski definition) is 3. The second kappa shape index (κ2) is 73.0. The third kappa shape index (κ3) is 72.1. The van der Waals surface area contributed by atoms with E-state index >= 15 is 0 Å². The molecule has 0 bridgehead atoms. The number of phosphoric ester groups is 2. The van der Waals surface area contributed by atoms with Crippen molar-refractivity contribution in [2.75, 3.05) is 39.6 Å². The van der Waals surface area contributed by atoms with Crippen LogP contribution in [0.1, 0.15) is 323 Å². The van der Waals surface area contributed by atoms with E-state index in [1.807, 2.05) is 0 Å². The van der Waals surface area contributed by atoms with Crippen molar-refractivity contribution < 1.29 is 80.2 Å². The number of allylic oxidation sites excluding steroid dienone is 18. The molecule has 0 aromatic carbocycles. The number of carbonyl (C=O) groups is 4. The average molecular weight is 1450 g/mol. The molecule has 0 saturated heterocycles. The highest BCUT2D eigenvalue weighted by molar-refractivity contribution is 7.47. The van der Waals surface area contributed by atoms with Gasteiger partial charge in [-0.25, -0.2) is 9.13 Å². The van der Waals surface area contributed by atoms with Gasteiger partial charge in [0.25, 0.3) is 0 Å². The van der Waals surface area contributed by atoms with Gasteiger partial charge in [0.2, 0.25) is 0 Å². The molecule has 0 heterocycles. The van der Waals surface area contributed by atoms with Gasteiger partial charge in [-0.05, 0) is 128 Å². The Kier molecular flexibility index (Phi) is 69.9. The minimum absolute atomic E-state index is 0.0747. The molecule has 0 aliphatic heterocycles. The van der Waals surface area contributed by atoms with Crippen LogP contribution in [0.25, 0.3) is 0 Å². The minimum atomic E-state index is -4.98. The molecule has 0 spiro atoms. The Hall–Kier alpha value is -4.28. The topological polar surface area (TPSA) is 237 Å². The SMILES string of the molecule is CC/C=C\C/C=C\C/C=C\C/C=C\CCCCCCCCC(=O)OCC(COP(=O)(O)OCC(O)COP(=O)(O)OCC(COC(=O)CCCCCCC/C=C\C/C=C\C/C=C\CC)OC(=O)CCCCCCCCCCCCC)OC(=O)CCCCCCC/C=C\C/C=C\CCCCC. The van der Waals surface area contributed by atoms with Crippen LogP contribution in [0.5, 0.6) is 0 Å². The van der Waals surface area contributed by atoms with E-state index in [0.29, 0.717) is 25.7 Å². The van der Waals surface area contributed by atoms with E-state index in [1.165, 1.54) is 57.8 Å². The van der Waals surface area contributed by atoms with Gasteiger partial charge >= 0.3 is 39.5 Å². The number of ether oxygens (including phenoxy) is 4. The first kappa shape index (κ1) is 95.7. The maximum Gasteiger partial charge on any atom is 0.472 e. The molecule has 0 aromatic heterocycles. The van der Waals surface area contributed by atoms with E-state index in [-0.39, 0.29) is 25.7 Å². The molecule has 0 fully saturated rings. The van der Waals surface area contributed by atoms with E-state index in [1.54, 1.807) is 0 Å². The molecule has 3 N–H and O–H groups in total. The normalized spacial score (nSPS) is 14.5. The van der Waals surface area contributed by atoms with E-state index in [9.17, 15) is 43.2 Å². The Morgan fingerprint density at radius 2 is 0.520 bits per heavy atom. The van der Waals surface area contributed by atoms with Crippen LogP contribution in [-0.4, -0.2) is 96.7 Å². The molecule has 0 amide bonds. The monoisotopic (exact) mass is 1450 g/mol. The number of hydrogen-bond acceptors (Lipinski definition) is 15. The molecule has 5 unspecified atom stereocenters. The van der Waals surface area contributed by atoms with Crippen molar-refractivity contribution in [3.63, 3.8) is 0 Å². The van der Waals surface area contributed by atoms with Crippen LogP contribution < -0.4 is 0 Å². The number of phosphoric acid groups is 2. The van der Waals surface area contributed by atoms with Crippen molar-refractivity contribution in [2.24, 2.45) is 0 Å². The van der Waals surface area contributed by atoms with Gasteiger partial charge < -0.3 is 33.8 Å². The lowest BCUT2D eigenvalue weighted by Crippen LogP contribution is -2.30. The zero-order chi connectivity index (χ0) is 73.2. The highest BCUT2D eigenvalue weighted by Gasteiger charge is 2.30. The molecule has 576 valence electrons. The highest BCUT2D eigenvalue weighted by Crippen LogP contribution is 2.45. The molecule has 0 aliphatic rings. The summed E-state index contributed by atoms with van der Waals surface area (Å²) in [4.78, 5) is 72.9. The van der Waals surface area contributed by atoms with Crippen LogP contribution in [0.2, 0.25) is 0 Å². The highest BCUT2D eigenvalue weighted by atomic mass is 31.2. The summed E-state index contributed by atoms with van der Waals surface area (Å²) in [6.45, 7) is 4.59. The second-order valence-corrected chi connectivity index (χ2v) is 28.8. The van der Waals surface area contributed by atoms with Crippen LogP contribution in [0.4, 0.5) is 0 Å². The summed E-state index contributed by atoms with van der Waals surface area (Å²) in [6, 6.07) is 0. The van der Waals surface area contributed by atoms with Crippen molar-refractivity contribution in [1.82, 2.24) is 0 Å². The van der Waals surface area contributed by atoms with E-state index < -0.39 is 97.5 Å². The van der Waals surface area contributed by atoms with Gasteiger partial charge in [0.15, 0.2) is 12.2 Å². The lowest BCUT2D eigenvalue weighted by atomic mass is 10.1. The fourth-order valence-corrected chi connectivity index (χ4v) is 11.9. The van der Waals surface area contributed by atoms with Gasteiger partial charge in [-0.1, -0.05) is 278 Å². The molecule has 0 aromatic rings. The minimum Gasteiger partial charge on any atom is -0.462 e. The summed E-state index contributed by atoms with van der Waals surface area (Å²) < 4.78 is 68.5. The lowest BCUT2D eigenvalue weighted by Gasteiger charge is -2.21. The predicted molar refractivity (Wildman–Crippen MR) is 408 cm³/mol. The Bertz CT molecular complexity index is 2320. The van der Waals surface area contributed by atoms with Gasteiger partial charge in [-0.15, -0.1) is 0 Å². The van der Waals surface area contributed by atoms with Crippen molar-refractivity contribution in [1.29, 1.82) is 0 Å². The molecule has 0 aliphatic carbocycles. The molecule has 5 atom stereocenters. The number of unbranched alkanes of at least 4 members (excludes halogenated alkanes) is 29. The van der Waals surface area contributed by atoms with E-state index in [4.69, 9.17) is 37.0 Å². The number of esters is 4. The number of aliphatic hydroxyl groups excluding tert-OH is 1. The van der Waals surface area contributed by atoms with E-state index in [2.05, 4.69) is 137 Å². The zero-order valence-electron chi connectivity index (χ0n) is 62.8. The number of carbonyl (C=O) groups excluding carboxylic acids is 4. The molecular weight excluding hydrogens is 1310 g/mol. The summed E-state index contributed by atoms with van der Waals surface area (Å²) in [5, 5.41) is 10.6. The van der Waals surface area contributed by atoms with Gasteiger partial charge in [0.1, 0.15) is 19.3 Å². The standard InChI is InChI=1S/C81H140O17P2/c1-5-9-13-17-21-25-29-32-35-36-37-38-41-43-47-50-54-58-62-66-79(84)92-72-77(98-81(86)68-64-60-56-52-48-44-40-34-31-27-23-19-15-11-7-3)74-96-100(89,90)94-70-75(82)69-93-99(87,88)95-73-76(97-80(85)67-63-59-55-51-45-28-24-20-16-12-8-4)71-91-78(83)65-61-57-53-49-46-42-39-33-30-26-22-18-14-10-6-2/h9-10,13-14,21-23,25-27,32-35,37-40,75-77,82H,5-8,11-12,15-20,24,28-31,36,41-74H2,1-4H3,(H,87,88)(H,89,90)/b13-9-,14-10-,25-21-,26-22-,27-23-,35-32-,38-37-,39-33-,40-34-. The first-order valence-corrected chi connectivity index (χ1v) is 42.1. The van der Waals surface area contributed by atoms with Crippen molar-refractivity contribution in [3.8, 4) is 0 Å². The molecule has 0 radical (unpaired) electrons. The smallest absolute Gasteiger partial charge is 0.462 e. The summed E-state index contributed by atoms with van der Waals surface area (Å²) in [5.41, 5.74) is 0. The van der Waals surface area contributed by atoms with E-state index in [0.717, 1.165) is 186 Å². The van der Waals surface area contributed by atoms with Gasteiger partial charge in [0.05, 0.1) is 26.4 Å². The summed E-state index contributed by atoms with van der Waals surface area (Å²) >= 11 is 0. The second-order valence-electron chi connectivity index (χ2n) is 25.9. The Labute approximate surface area is 607 Å². The third-order valence-electron chi connectivity index (χ3n) is 16.2. The maximum atomic E-state index is 13.1. The summed E-state index contributed by atoms with van der Waals surface area (Å²) in [6.07, 6.45) is 77.8. The fraction of sp³-hybridized carbons (Fsp3) is 0.728. The van der Waals surface area contributed by atoms with Crippen LogP contribution in [0.3, 0.4) is 0 Å². The summed E-state index contributed by atoms with van der Waals surface area (Å²) in [7, 11) is -9.96.